The van der Waals surface area contributed by atoms with Gasteiger partial charge < -0.3 is 4.90 Å². The molecular formula is C21H22F2N4O. The zero-order chi connectivity index (χ0) is 19.8. The molecule has 1 aromatic carbocycles. The summed E-state index contributed by atoms with van der Waals surface area (Å²) in [7, 11) is 0. The van der Waals surface area contributed by atoms with Gasteiger partial charge in [-0.25, -0.2) is 18.3 Å². The summed E-state index contributed by atoms with van der Waals surface area (Å²) in [5.74, 6) is 0.389. The van der Waals surface area contributed by atoms with Crippen molar-refractivity contribution in [2.24, 2.45) is 5.92 Å². The van der Waals surface area contributed by atoms with E-state index in [0.717, 1.165) is 28.5 Å². The number of benzene rings is 1. The Bertz CT molecular complexity index is 1010. The molecule has 1 aliphatic rings. The van der Waals surface area contributed by atoms with Gasteiger partial charge >= 0.3 is 0 Å². The molecule has 3 heterocycles. The lowest BCUT2D eigenvalue weighted by Crippen LogP contribution is -2.37. The second-order valence-corrected chi connectivity index (χ2v) is 7.50. The Kier molecular flexibility index (Phi) is 4.83. The van der Waals surface area contributed by atoms with E-state index in [-0.39, 0.29) is 22.8 Å². The van der Waals surface area contributed by atoms with E-state index in [2.05, 4.69) is 17.0 Å². The van der Waals surface area contributed by atoms with Crippen molar-refractivity contribution >= 4 is 11.6 Å². The zero-order valence-electron chi connectivity index (χ0n) is 15.9. The number of likely N-dealkylation sites (tertiary alicyclic amines) is 1. The monoisotopic (exact) mass is 384 g/mol. The third kappa shape index (κ3) is 3.37. The van der Waals surface area contributed by atoms with Crippen LogP contribution in [0, 0.1) is 12.8 Å². The molecule has 0 aliphatic carbocycles. The molecule has 0 bridgehead atoms. The molecule has 1 fully saturated rings. The summed E-state index contributed by atoms with van der Waals surface area (Å²) in [4.78, 5) is 19.3. The van der Waals surface area contributed by atoms with Gasteiger partial charge in [0, 0.05) is 18.7 Å². The normalized spacial score (nSPS) is 15.5. The first-order chi connectivity index (χ1) is 13.4. The first-order valence-corrected chi connectivity index (χ1v) is 9.47. The van der Waals surface area contributed by atoms with Crippen molar-refractivity contribution in [1.82, 2.24) is 19.5 Å². The molecule has 0 atom stereocenters. The molecule has 5 nitrogen and oxygen atoms in total. The van der Waals surface area contributed by atoms with Crippen LogP contribution in [0.5, 0.6) is 0 Å². The maximum absolute atomic E-state index is 13.7. The average Bonchev–Trinajstić information content (AvgIpc) is 3.11. The summed E-state index contributed by atoms with van der Waals surface area (Å²) in [5, 5.41) is 4.05. The van der Waals surface area contributed by atoms with Gasteiger partial charge in [-0.3, -0.25) is 4.79 Å². The highest BCUT2D eigenvalue weighted by Crippen LogP contribution is 2.28. The number of carbonyl (C=O) groups is 1. The second-order valence-electron chi connectivity index (χ2n) is 7.50. The first kappa shape index (κ1) is 18.5. The van der Waals surface area contributed by atoms with Crippen LogP contribution in [0.25, 0.3) is 16.9 Å². The molecule has 0 radical (unpaired) electrons. The minimum Gasteiger partial charge on any atom is -0.338 e. The minimum atomic E-state index is -2.73. The van der Waals surface area contributed by atoms with Crippen LogP contribution in [-0.4, -0.2) is 38.5 Å². The van der Waals surface area contributed by atoms with Crippen LogP contribution in [0.15, 0.2) is 36.5 Å². The van der Waals surface area contributed by atoms with Crippen molar-refractivity contribution < 1.29 is 13.6 Å². The molecule has 4 rings (SSSR count). The smallest absolute Gasteiger partial charge is 0.280 e. The molecule has 7 heteroatoms. The highest BCUT2D eigenvalue weighted by atomic mass is 19.3. The first-order valence-electron chi connectivity index (χ1n) is 9.47. The quantitative estimate of drug-likeness (QED) is 0.667. The number of piperidine rings is 1. The van der Waals surface area contributed by atoms with E-state index in [1.54, 1.807) is 4.90 Å². The van der Waals surface area contributed by atoms with Gasteiger partial charge in [0.15, 0.2) is 5.65 Å². The lowest BCUT2D eigenvalue weighted by molar-refractivity contribution is 0.0699. The van der Waals surface area contributed by atoms with Gasteiger partial charge in [-0.1, -0.05) is 36.8 Å². The molecule has 1 aliphatic heterocycles. The Balaban J connectivity index is 1.80. The van der Waals surface area contributed by atoms with E-state index in [4.69, 9.17) is 0 Å². The molecule has 2 aromatic heterocycles. The molecule has 28 heavy (non-hydrogen) atoms. The maximum Gasteiger partial charge on any atom is 0.280 e. The van der Waals surface area contributed by atoms with Gasteiger partial charge in [0.05, 0.1) is 11.9 Å². The predicted octanol–water partition coefficient (Wildman–Crippen LogP) is 4.51. The van der Waals surface area contributed by atoms with Gasteiger partial charge in [0.1, 0.15) is 11.3 Å². The number of fused-ring (bicyclic) bond motifs is 1. The van der Waals surface area contributed by atoms with Crippen LogP contribution < -0.4 is 0 Å². The van der Waals surface area contributed by atoms with Gasteiger partial charge in [0.2, 0.25) is 0 Å². The van der Waals surface area contributed by atoms with E-state index in [1.807, 2.05) is 31.2 Å². The number of carbonyl (C=O) groups excluding carboxylic acids is 1. The Morgan fingerprint density at radius 3 is 2.50 bits per heavy atom. The number of aryl methyl sites for hydroxylation is 1. The Morgan fingerprint density at radius 2 is 1.86 bits per heavy atom. The van der Waals surface area contributed by atoms with Crippen LogP contribution in [-0.2, 0) is 0 Å². The summed E-state index contributed by atoms with van der Waals surface area (Å²) in [6, 6.07) is 8.83. The number of rotatable bonds is 3. The lowest BCUT2D eigenvalue weighted by atomic mass is 9.99. The summed E-state index contributed by atoms with van der Waals surface area (Å²) in [6.45, 7) is 5.45. The largest absolute Gasteiger partial charge is 0.338 e. The standard InChI is InChI=1S/C21H22F2N4O/c1-13-3-5-15(6-4-13)17-11-18(19(22)23)27-20(25-17)16(12-24-27)21(28)26-9-7-14(2)8-10-26/h3-6,11-12,14,19H,7-10H2,1-2H3. The Labute approximate surface area is 162 Å². The predicted molar refractivity (Wildman–Crippen MR) is 102 cm³/mol. The molecule has 0 saturated carbocycles. The van der Waals surface area contributed by atoms with Crippen molar-refractivity contribution in [3.8, 4) is 11.3 Å². The number of hydrogen-bond donors (Lipinski definition) is 0. The SMILES string of the molecule is Cc1ccc(-c2cc(C(F)F)n3ncc(C(=O)N4CCC(C)CC4)c3n2)cc1. The van der Waals surface area contributed by atoms with Crippen molar-refractivity contribution in [2.45, 2.75) is 33.1 Å². The highest BCUT2D eigenvalue weighted by Gasteiger charge is 2.26. The number of alkyl halides is 2. The minimum absolute atomic E-state index is 0.178. The number of hydrogen-bond acceptors (Lipinski definition) is 3. The number of halogens is 2. The third-order valence-electron chi connectivity index (χ3n) is 5.37. The molecule has 1 amide bonds. The summed E-state index contributed by atoms with van der Waals surface area (Å²) >= 11 is 0. The number of amides is 1. The van der Waals surface area contributed by atoms with Crippen LogP contribution in [0.4, 0.5) is 8.78 Å². The Morgan fingerprint density at radius 1 is 1.18 bits per heavy atom. The molecule has 0 spiro atoms. The average molecular weight is 384 g/mol. The Hall–Kier alpha value is -2.83. The highest BCUT2D eigenvalue weighted by molar-refractivity contribution is 6.00. The van der Waals surface area contributed by atoms with Gasteiger partial charge in [-0.05, 0) is 31.7 Å². The zero-order valence-corrected chi connectivity index (χ0v) is 15.9. The van der Waals surface area contributed by atoms with Crippen molar-refractivity contribution in [3.05, 3.63) is 53.3 Å². The van der Waals surface area contributed by atoms with E-state index in [9.17, 15) is 13.6 Å². The fourth-order valence-electron chi connectivity index (χ4n) is 3.55. The molecule has 146 valence electrons. The molecule has 0 N–H and O–H groups in total. The van der Waals surface area contributed by atoms with Crippen molar-refractivity contribution in [3.63, 3.8) is 0 Å². The number of nitrogens with zero attached hydrogens (tertiary/aromatic N) is 4. The maximum atomic E-state index is 13.7. The topological polar surface area (TPSA) is 50.5 Å². The summed E-state index contributed by atoms with van der Waals surface area (Å²) in [6.07, 6.45) is 0.506. The fraction of sp³-hybridized carbons (Fsp3) is 0.381. The van der Waals surface area contributed by atoms with Gasteiger partial charge in [0.25, 0.3) is 12.3 Å². The van der Waals surface area contributed by atoms with Crippen LogP contribution >= 0.6 is 0 Å². The van der Waals surface area contributed by atoms with E-state index in [0.29, 0.717) is 24.7 Å². The lowest BCUT2D eigenvalue weighted by Gasteiger charge is -2.30. The van der Waals surface area contributed by atoms with E-state index >= 15 is 0 Å². The molecule has 1 saturated heterocycles. The van der Waals surface area contributed by atoms with Gasteiger partial charge in [-0.15, -0.1) is 0 Å². The van der Waals surface area contributed by atoms with Crippen molar-refractivity contribution in [2.75, 3.05) is 13.1 Å². The van der Waals surface area contributed by atoms with Gasteiger partial charge in [-0.2, -0.15) is 5.10 Å². The van der Waals surface area contributed by atoms with E-state index in [1.165, 1.54) is 12.3 Å². The van der Waals surface area contributed by atoms with E-state index < -0.39 is 6.43 Å². The fourth-order valence-corrected chi connectivity index (χ4v) is 3.55. The third-order valence-corrected chi connectivity index (χ3v) is 5.37. The summed E-state index contributed by atoms with van der Waals surface area (Å²) in [5.41, 5.74) is 2.37. The molecule has 0 unspecified atom stereocenters. The van der Waals surface area contributed by atoms with Crippen LogP contribution in [0.1, 0.15) is 47.8 Å². The van der Waals surface area contributed by atoms with Crippen molar-refractivity contribution in [1.29, 1.82) is 0 Å². The van der Waals surface area contributed by atoms with Crippen LogP contribution in [0.2, 0.25) is 0 Å². The molecule has 3 aromatic rings. The number of aromatic nitrogens is 3. The summed E-state index contributed by atoms with van der Waals surface area (Å²) < 4.78 is 28.4. The second kappa shape index (κ2) is 7.30. The molecular weight excluding hydrogens is 362 g/mol. The van der Waals surface area contributed by atoms with Crippen LogP contribution in [0.3, 0.4) is 0 Å².